The summed E-state index contributed by atoms with van der Waals surface area (Å²) in [6, 6.07) is 5.61. The van der Waals surface area contributed by atoms with Gasteiger partial charge in [-0.25, -0.2) is 0 Å². The first kappa shape index (κ1) is 22.0. The van der Waals surface area contributed by atoms with Crippen molar-refractivity contribution >= 4 is 11.0 Å². The van der Waals surface area contributed by atoms with Gasteiger partial charge in [-0.3, -0.25) is 4.79 Å². The normalized spacial score (nSPS) is 13.3. The van der Waals surface area contributed by atoms with Gasteiger partial charge in [-0.15, -0.1) is 0 Å². The molecule has 6 nitrogen and oxygen atoms in total. The molecule has 9 heteroatoms. The Morgan fingerprint density at radius 2 is 1.84 bits per heavy atom. The van der Waals surface area contributed by atoms with E-state index in [0.29, 0.717) is 24.2 Å². The summed E-state index contributed by atoms with van der Waals surface area (Å²) in [4.78, 5) is 14.3. The Bertz CT molecular complexity index is 1250. The van der Waals surface area contributed by atoms with Gasteiger partial charge in [-0.05, 0) is 35.7 Å². The van der Waals surface area contributed by atoms with Crippen LogP contribution >= 0.6 is 0 Å². The van der Waals surface area contributed by atoms with Crippen molar-refractivity contribution in [3.05, 3.63) is 51.4 Å². The van der Waals surface area contributed by atoms with Gasteiger partial charge in [0, 0.05) is 0 Å². The molecule has 1 aromatic heterocycles. The van der Waals surface area contributed by atoms with Crippen LogP contribution in [0, 0.1) is 0 Å². The molecule has 1 aliphatic heterocycles. The predicted octanol–water partition coefficient (Wildman–Crippen LogP) is 3.51. The van der Waals surface area contributed by atoms with Crippen molar-refractivity contribution in [1.29, 1.82) is 0 Å². The number of hydrogen-bond donors (Lipinski definition) is 2. The van der Waals surface area contributed by atoms with E-state index in [1.165, 1.54) is 24.3 Å². The minimum Gasteiger partial charge on any atom is -0.507 e. The second-order valence-electron chi connectivity index (χ2n) is 8.07. The minimum absolute atomic E-state index is 0.00293. The number of fused-ring (bicyclic) bond motifs is 2. The first-order valence-electron chi connectivity index (χ1n) is 10.2. The standard InChI is InChI=1S/C23H22F3NO5/c1-4-5-13-8-14-20(29)18(12-6-7-16-17(9-12)31-11-30-16)22(23(24,25)26)32-21(14)15(19(13)28)10-27(2)3/h6-9,28H,4-5,10-11H2,1-3H3/p+1. The Morgan fingerprint density at radius 1 is 1.12 bits per heavy atom. The van der Waals surface area contributed by atoms with Crippen LogP contribution < -0.4 is 19.8 Å². The molecule has 0 saturated heterocycles. The predicted molar refractivity (Wildman–Crippen MR) is 111 cm³/mol. The lowest BCUT2D eigenvalue weighted by Crippen LogP contribution is -3.04. The summed E-state index contributed by atoms with van der Waals surface area (Å²) in [6.07, 6.45) is -3.77. The SMILES string of the molecule is CCCc1cc2c(=O)c(-c3ccc4c(c3)OCO4)c(C(F)(F)F)oc2c(C[NH+](C)C)c1O. The van der Waals surface area contributed by atoms with E-state index in [1.807, 2.05) is 6.92 Å². The van der Waals surface area contributed by atoms with E-state index in [-0.39, 0.29) is 46.9 Å². The fourth-order valence-electron chi connectivity index (χ4n) is 3.94. The zero-order valence-corrected chi connectivity index (χ0v) is 17.9. The van der Waals surface area contributed by atoms with Crippen LogP contribution in [0.1, 0.15) is 30.2 Å². The highest BCUT2D eigenvalue weighted by Gasteiger charge is 2.40. The number of halogens is 3. The van der Waals surface area contributed by atoms with Gasteiger partial charge in [-0.2, -0.15) is 13.2 Å². The summed E-state index contributed by atoms with van der Waals surface area (Å²) in [5, 5.41) is 10.8. The number of aromatic hydroxyl groups is 1. The van der Waals surface area contributed by atoms with E-state index in [9.17, 15) is 23.1 Å². The summed E-state index contributed by atoms with van der Waals surface area (Å²) in [6.45, 7) is 2.05. The fourth-order valence-corrected chi connectivity index (χ4v) is 3.94. The smallest absolute Gasteiger partial charge is 0.450 e. The van der Waals surface area contributed by atoms with Crippen LogP contribution in [0.4, 0.5) is 13.2 Å². The Kier molecular flexibility index (Phi) is 5.54. The molecule has 0 unspecified atom stereocenters. The van der Waals surface area contributed by atoms with E-state index in [0.717, 1.165) is 4.90 Å². The average Bonchev–Trinajstić information content (AvgIpc) is 3.18. The monoisotopic (exact) mass is 450 g/mol. The summed E-state index contributed by atoms with van der Waals surface area (Å²) in [5.41, 5.74) is -0.956. The number of aryl methyl sites for hydroxylation is 1. The maximum absolute atomic E-state index is 14.1. The van der Waals surface area contributed by atoms with E-state index >= 15 is 0 Å². The van der Waals surface area contributed by atoms with Crippen LogP contribution in [0.15, 0.2) is 33.5 Å². The summed E-state index contributed by atoms with van der Waals surface area (Å²) < 4.78 is 58.0. The van der Waals surface area contributed by atoms with E-state index < -0.39 is 22.9 Å². The lowest BCUT2D eigenvalue weighted by atomic mass is 9.96. The van der Waals surface area contributed by atoms with Gasteiger partial charge < -0.3 is 23.9 Å². The first-order valence-corrected chi connectivity index (χ1v) is 10.2. The lowest BCUT2D eigenvalue weighted by Gasteiger charge is -2.18. The molecule has 0 spiro atoms. The highest BCUT2D eigenvalue weighted by Crippen LogP contribution is 2.42. The maximum Gasteiger partial charge on any atom is 0.450 e. The molecule has 3 aromatic rings. The van der Waals surface area contributed by atoms with Gasteiger partial charge in [-0.1, -0.05) is 19.4 Å². The van der Waals surface area contributed by atoms with Crippen molar-refractivity contribution in [2.24, 2.45) is 0 Å². The van der Waals surface area contributed by atoms with Crippen LogP contribution in [-0.4, -0.2) is 26.0 Å². The molecule has 170 valence electrons. The number of ether oxygens (including phenoxy) is 2. The topological polar surface area (TPSA) is 73.3 Å². The maximum atomic E-state index is 14.1. The molecule has 2 aromatic carbocycles. The molecule has 4 rings (SSSR count). The molecular formula is C23H23F3NO5+. The molecule has 0 fully saturated rings. The number of phenolic OH excluding ortho intramolecular Hbond substituents is 1. The number of alkyl halides is 3. The molecule has 32 heavy (non-hydrogen) atoms. The number of rotatable bonds is 5. The summed E-state index contributed by atoms with van der Waals surface area (Å²) in [7, 11) is 3.59. The highest BCUT2D eigenvalue weighted by molar-refractivity contribution is 5.88. The van der Waals surface area contributed by atoms with Gasteiger partial charge in [0.1, 0.15) is 12.3 Å². The number of quaternary nitrogens is 1. The van der Waals surface area contributed by atoms with Crippen LogP contribution in [0.25, 0.3) is 22.1 Å². The van der Waals surface area contributed by atoms with Gasteiger partial charge in [0.2, 0.25) is 18.0 Å². The van der Waals surface area contributed by atoms with E-state index in [2.05, 4.69) is 0 Å². The van der Waals surface area contributed by atoms with Gasteiger partial charge in [0.05, 0.1) is 30.6 Å². The molecule has 2 N–H and O–H groups in total. The number of benzene rings is 2. The Hall–Kier alpha value is -3.20. The molecule has 0 radical (unpaired) electrons. The van der Waals surface area contributed by atoms with Gasteiger partial charge in [0.25, 0.3) is 0 Å². The Balaban J connectivity index is 2.09. The lowest BCUT2D eigenvalue weighted by molar-refractivity contribution is -0.872. The second-order valence-corrected chi connectivity index (χ2v) is 8.07. The molecule has 1 aliphatic rings. The zero-order valence-electron chi connectivity index (χ0n) is 17.9. The minimum atomic E-state index is -4.93. The number of nitrogens with one attached hydrogen (secondary N) is 1. The molecular weight excluding hydrogens is 427 g/mol. The largest absolute Gasteiger partial charge is 0.507 e. The summed E-state index contributed by atoms with van der Waals surface area (Å²) >= 11 is 0. The van der Waals surface area contributed by atoms with Crippen LogP contribution in [-0.2, 0) is 19.1 Å². The third-order valence-corrected chi connectivity index (χ3v) is 5.30. The van der Waals surface area contributed by atoms with Crippen molar-refractivity contribution in [2.45, 2.75) is 32.5 Å². The van der Waals surface area contributed by atoms with Gasteiger partial charge >= 0.3 is 6.18 Å². The fraction of sp³-hybridized carbons (Fsp3) is 0.348. The van der Waals surface area contributed by atoms with E-state index in [4.69, 9.17) is 13.9 Å². The Morgan fingerprint density at radius 3 is 2.50 bits per heavy atom. The number of hydrogen-bond acceptors (Lipinski definition) is 5. The third kappa shape index (κ3) is 3.77. The number of phenols is 1. The van der Waals surface area contributed by atoms with Gasteiger partial charge in [0.15, 0.2) is 17.1 Å². The van der Waals surface area contributed by atoms with Crippen molar-refractivity contribution < 1.29 is 37.1 Å². The van der Waals surface area contributed by atoms with Crippen molar-refractivity contribution in [3.63, 3.8) is 0 Å². The van der Waals surface area contributed by atoms with Crippen molar-refractivity contribution in [2.75, 3.05) is 20.9 Å². The molecule has 2 heterocycles. The van der Waals surface area contributed by atoms with E-state index in [1.54, 1.807) is 14.1 Å². The first-order chi connectivity index (χ1) is 15.1. The summed E-state index contributed by atoms with van der Waals surface area (Å²) in [5.74, 6) is -0.901. The third-order valence-electron chi connectivity index (χ3n) is 5.30. The molecule has 0 amide bonds. The zero-order chi connectivity index (χ0) is 23.2. The second kappa shape index (κ2) is 8.05. The molecule has 0 bridgehead atoms. The molecule has 0 saturated carbocycles. The van der Waals surface area contributed by atoms with Crippen LogP contribution in [0.3, 0.4) is 0 Å². The average molecular weight is 450 g/mol. The highest BCUT2D eigenvalue weighted by atomic mass is 19.4. The molecule has 0 aliphatic carbocycles. The van der Waals surface area contributed by atoms with Crippen LogP contribution in [0.5, 0.6) is 17.2 Å². The van der Waals surface area contributed by atoms with Crippen molar-refractivity contribution in [3.8, 4) is 28.4 Å². The molecule has 0 atom stereocenters. The van der Waals surface area contributed by atoms with Crippen molar-refractivity contribution in [1.82, 2.24) is 0 Å². The Labute approximate surface area is 181 Å². The van der Waals surface area contributed by atoms with Crippen LogP contribution in [0.2, 0.25) is 0 Å². The quantitative estimate of drug-likeness (QED) is 0.623.